The van der Waals surface area contributed by atoms with Gasteiger partial charge >= 0.3 is 5.97 Å². The molecule has 3 nitrogen and oxygen atoms in total. The standard InChI is InChI=1S/C17H30O3/c1-4-17(2,3)16(18)20-15(13-9-5-6-10-13)19-14-11-7-8-12-14/h13-15H,4-12H2,1-3H3. The van der Waals surface area contributed by atoms with E-state index in [0.717, 1.165) is 32.1 Å². The maximum absolute atomic E-state index is 12.3. The molecule has 2 saturated carbocycles. The molecule has 0 aromatic heterocycles. The number of esters is 1. The summed E-state index contributed by atoms with van der Waals surface area (Å²) in [6.07, 6.45) is 10.3. The normalized spacial score (nSPS) is 23.1. The zero-order chi connectivity index (χ0) is 14.6. The van der Waals surface area contributed by atoms with E-state index in [1.54, 1.807) is 0 Å². The van der Waals surface area contributed by atoms with Crippen LogP contribution in [-0.4, -0.2) is 18.4 Å². The Balaban J connectivity index is 1.96. The molecule has 0 spiro atoms. The molecule has 0 aliphatic heterocycles. The van der Waals surface area contributed by atoms with E-state index in [-0.39, 0.29) is 12.3 Å². The fraction of sp³-hybridized carbons (Fsp3) is 0.941. The highest BCUT2D eigenvalue weighted by molar-refractivity contribution is 5.75. The van der Waals surface area contributed by atoms with Crippen LogP contribution in [0.25, 0.3) is 0 Å². The van der Waals surface area contributed by atoms with Gasteiger partial charge in [-0.25, -0.2) is 0 Å². The molecule has 0 heterocycles. The number of ether oxygens (including phenoxy) is 2. The van der Waals surface area contributed by atoms with Crippen molar-refractivity contribution in [2.24, 2.45) is 11.3 Å². The van der Waals surface area contributed by atoms with E-state index in [9.17, 15) is 4.79 Å². The maximum atomic E-state index is 12.3. The SMILES string of the molecule is CCC(C)(C)C(=O)OC(OC1CCCC1)C1CCCC1. The fourth-order valence-corrected chi connectivity index (χ4v) is 3.09. The van der Waals surface area contributed by atoms with Gasteiger partial charge in [0, 0.05) is 5.92 Å². The first kappa shape index (κ1) is 15.8. The molecule has 0 saturated heterocycles. The van der Waals surface area contributed by atoms with Crippen molar-refractivity contribution in [1.82, 2.24) is 0 Å². The molecule has 20 heavy (non-hydrogen) atoms. The summed E-state index contributed by atoms with van der Waals surface area (Å²) in [5.74, 6) is 0.308. The number of rotatable bonds is 6. The molecular formula is C17H30O3. The summed E-state index contributed by atoms with van der Waals surface area (Å²) in [5, 5.41) is 0. The predicted octanol–water partition coefficient (Wildman–Crippen LogP) is 4.44. The van der Waals surface area contributed by atoms with Gasteiger partial charge in [0.25, 0.3) is 0 Å². The second kappa shape index (κ2) is 6.93. The van der Waals surface area contributed by atoms with Crippen molar-refractivity contribution in [3.05, 3.63) is 0 Å². The minimum atomic E-state index is -0.407. The van der Waals surface area contributed by atoms with Crippen molar-refractivity contribution in [2.75, 3.05) is 0 Å². The lowest BCUT2D eigenvalue weighted by Crippen LogP contribution is -2.36. The van der Waals surface area contributed by atoms with Gasteiger partial charge in [0.1, 0.15) is 0 Å². The van der Waals surface area contributed by atoms with Crippen LogP contribution in [0.15, 0.2) is 0 Å². The highest BCUT2D eigenvalue weighted by Gasteiger charge is 2.36. The van der Waals surface area contributed by atoms with Crippen LogP contribution in [0.3, 0.4) is 0 Å². The summed E-state index contributed by atoms with van der Waals surface area (Å²) in [4.78, 5) is 12.3. The zero-order valence-electron chi connectivity index (χ0n) is 13.3. The number of carbonyl (C=O) groups is 1. The summed E-state index contributed by atoms with van der Waals surface area (Å²) in [6, 6.07) is 0. The predicted molar refractivity (Wildman–Crippen MR) is 79.3 cm³/mol. The van der Waals surface area contributed by atoms with Gasteiger partial charge in [0.15, 0.2) is 0 Å². The van der Waals surface area contributed by atoms with Crippen LogP contribution < -0.4 is 0 Å². The maximum Gasteiger partial charge on any atom is 0.313 e. The Morgan fingerprint density at radius 3 is 2.20 bits per heavy atom. The quantitative estimate of drug-likeness (QED) is 0.533. The van der Waals surface area contributed by atoms with Gasteiger partial charge < -0.3 is 9.47 Å². The molecule has 0 radical (unpaired) electrons. The van der Waals surface area contributed by atoms with Crippen LogP contribution in [0.2, 0.25) is 0 Å². The van der Waals surface area contributed by atoms with Gasteiger partial charge in [-0.1, -0.05) is 32.6 Å². The van der Waals surface area contributed by atoms with E-state index in [1.807, 2.05) is 20.8 Å². The Kier molecular flexibility index (Phi) is 5.48. The van der Waals surface area contributed by atoms with Crippen molar-refractivity contribution in [3.63, 3.8) is 0 Å². The lowest BCUT2D eigenvalue weighted by molar-refractivity contribution is -0.211. The highest BCUT2D eigenvalue weighted by Crippen LogP contribution is 2.34. The van der Waals surface area contributed by atoms with E-state index < -0.39 is 5.41 Å². The van der Waals surface area contributed by atoms with E-state index in [4.69, 9.17) is 9.47 Å². The van der Waals surface area contributed by atoms with Crippen LogP contribution in [0.1, 0.15) is 78.6 Å². The Hall–Kier alpha value is -0.570. The van der Waals surface area contributed by atoms with Crippen molar-refractivity contribution >= 4 is 5.97 Å². The molecular weight excluding hydrogens is 252 g/mol. The largest absolute Gasteiger partial charge is 0.435 e. The minimum Gasteiger partial charge on any atom is -0.435 e. The van der Waals surface area contributed by atoms with Gasteiger partial charge in [-0.2, -0.15) is 0 Å². The average Bonchev–Trinajstić information content (AvgIpc) is 3.10. The molecule has 1 atom stereocenters. The summed E-state index contributed by atoms with van der Waals surface area (Å²) >= 11 is 0. The second-order valence-electron chi connectivity index (χ2n) is 7.10. The Labute approximate surface area is 123 Å². The minimum absolute atomic E-state index is 0.102. The lowest BCUT2D eigenvalue weighted by atomic mass is 9.90. The number of carbonyl (C=O) groups excluding carboxylic acids is 1. The van der Waals surface area contributed by atoms with E-state index in [1.165, 1.54) is 25.7 Å². The summed E-state index contributed by atoms with van der Waals surface area (Å²) < 4.78 is 12.0. The smallest absolute Gasteiger partial charge is 0.313 e. The molecule has 3 heteroatoms. The topological polar surface area (TPSA) is 35.5 Å². The first-order valence-corrected chi connectivity index (χ1v) is 8.39. The monoisotopic (exact) mass is 282 g/mol. The van der Waals surface area contributed by atoms with E-state index >= 15 is 0 Å². The van der Waals surface area contributed by atoms with Gasteiger partial charge in [0.2, 0.25) is 6.29 Å². The summed E-state index contributed by atoms with van der Waals surface area (Å²) in [5.41, 5.74) is -0.407. The molecule has 2 aliphatic rings. The van der Waals surface area contributed by atoms with Gasteiger partial charge in [-0.15, -0.1) is 0 Å². The molecule has 0 aromatic rings. The van der Waals surface area contributed by atoms with Crippen molar-refractivity contribution in [1.29, 1.82) is 0 Å². The van der Waals surface area contributed by atoms with Crippen molar-refractivity contribution in [3.8, 4) is 0 Å². The average molecular weight is 282 g/mol. The van der Waals surface area contributed by atoms with Crippen LogP contribution in [-0.2, 0) is 14.3 Å². The molecule has 0 N–H and O–H groups in total. The third kappa shape index (κ3) is 3.97. The van der Waals surface area contributed by atoms with E-state index in [0.29, 0.717) is 12.0 Å². The molecule has 0 aromatic carbocycles. The van der Waals surface area contributed by atoms with Gasteiger partial charge in [0.05, 0.1) is 11.5 Å². The molecule has 2 fully saturated rings. The Morgan fingerprint density at radius 2 is 1.65 bits per heavy atom. The zero-order valence-corrected chi connectivity index (χ0v) is 13.3. The van der Waals surface area contributed by atoms with Crippen LogP contribution >= 0.6 is 0 Å². The van der Waals surface area contributed by atoms with Gasteiger partial charge in [-0.3, -0.25) is 4.79 Å². The molecule has 0 bridgehead atoms. The fourth-order valence-electron chi connectivity index (χ4n) is 3.09. The molecule has 116 valence electrons. The third-order valence-electron chi connectivity index (χ3n) is 5.07. The first-order chi connectivity index (χ1) is 9.53. The molecule has 1 unspecified atom stereocenters. The van der Waals surface area contributed by atoms with Crippen molar-refractivity contribution < 1.29 is 14.3 Å². The van der Waals surface area contributed by atoms with Crippen molar-refractivity contribution in [2.45, 2.75) is 91.0 Å². The Morgan fingerprint density at radius 1 is 1.10 bits per heavy atom. The number of hydrogen-bond donors (Lipinski definition) is 0. The highest BCUT2D eigenvalue weighted by atomic mass is 16.7. The number of hydrogen-bond acceptors (Lipinski definition) is 3. The summed E-state index contributed by atoms with van der Waals surface area (Å²) in [6.45, 7) is 5.94. The third-order valence-corrected chi connectivity index (χ3v) is 5.07. The lowest BCUT2D eigenvalue weighted by Gasteiger charge is -2.30. The molecule has 2 rings (SSSR count). The summed E-state index contributed by atoms with van der Waals surface area (Å²) in [7, 11) is 0. The second-order valence-corrected chi connectivity index (χ2v) is 7.10. The van der Waals surface area contributed by atoms with Crippen LogP contribution in [0.5, 0.6) is 0 Å². The van der Waals surface area contributed by atoms with E-state index in [2.05, 4.69) is 0 Å². The van der Waals surface area contributed by atoms with Gasteiger partial charge in [-0.05, 0) is 46.0 Å². The Bertz CT molecular complexity index is 312. The first-order valence-electron chi connectivity index (χ1n) is 8.39. The van der Waals surface area contributed by atoms with Crippen LogP contribution in [0.4, 0.5) is 0 Å². The molecule has 2 aliphatic carbocycles. The van der Waals surface area contributed by atoms with Crippen LogP contribution in [0, 0.1) is 11.3 Å². The molecule has 0 amide bonds.